The molecular weight excluding hydrogens is 238 g/mol. The summed E-state index contributed by atoms with van der Waals surface area (Å²) in [6.45, 7) is 7.39. The molecule has 0 aliphatic carbocycles. The number of aryl methyl sites for hydroxylation is 1. The number of hydrogen-bond acceptors (Lipinski definition) is 2. The summed E-state index contributed by atoms with van der Waals surface area (Å²) in [7, 11) is 1.72. The molecule has 2 N–H and O–H groups in total. The molecule has 0 amide bonds. The number of benzene rings is 1. The van der Waals surface area contributed by atoms with Crippen LogP contribution in [0.15, 0.2) is 29.3 Å². The van der Waals surface area contributed by atoms with E-state index in [2.05, 4.69) is 53.7 Å². The number of hydrogen-bond donors (Lipinski definition) is 2. The Kier molecular flexibility index (Phi) is 7.66. The van der Waals surface area contributed by atoms with Crippen molar-refractivity contribution in [3.63, 3.8) is 0 Å². The molecule has 1 aromatic carbocycles. The van der Waals surface area contributed by atoms with Gasteiger partial charge in [-0.1, -0.05) is 24.3 Å². The average Bonchev–Trinajstić information content (AvgIpc) is 2.42. The SMILES string of the molecule is CCNC(=NCc1ccccc1C)NCCCOC. The molecule has 0 saturated heterocycles. The highest BCUT2D eigenvalue weighted by Crippen LogP contribution is 2.07. The van der Waals surface area contributed by atoms with Gasteiger partial charge >= 0.3 is 0 Å². The van der Waals surface area contributed by atoms with Crippen molar-refractivity contribution in [3.05, 3.63) is 35.4 Å². The minimum absolute atomic E-state index is 0.701. The lowest BCUT2D eigenvalue weighted by Gasteiger charge is -2.11. The molecule has 106 valence electrons. The van der Waals surface area contributed by atoms with Gasteiger partial charge in [-0.3, -0.25) is 0 Å². The smallest absolute Gasteiger partial charge is 0.191 e. The van der Waals surface area contributed by atoms with E-state index in [0.29, 0.717) is 6.54 Å². The standard InChI is InChI=1S/C15H25N3O/c1-4-16-15(17-10-7-11-19-3)18-12-14-9-6-5-8-13(14)2/h5-6,8-9H,4,7,10-12H2,1-3H3,(H2,16,17,18). The van der Waals surface area contributed by atoms with Crippen molar-refractivity contribution in [1.29, 1.82) is 0 Å². The van der Waals surface area contributed by atoms with Crippen LogP contribution in [0.25, 0.3) is 0 Å². The highest BCUT2D eigenvalue weighted by Gasteiger charge is 1.99. The summed E-state index contributed by atoms with van der Waals surface area (Å²) in [5.74, 6) is 0.863. The van der Waals surface area contributed by atoms with Gasteiger partial charge in [0.15, 0.2) is 5.96 Å². The molecule has 0 bridgehead atoms. The monoisotopic (exact) mass is 263 g/mol. The van der Waals surface area contributed by atoms with E-state index >= 15 is 0 Å². The Morgan fingerprint density at radius 1 is 1.26 bits per heavy atom. The van der Waals surface area contributed by atoms with Crippen LogP contribution in [0.3, 0.4) is 0 Å². The highest BCUT2D eigenvalue weighted by molar-refractivity contribution is 5.79. The molecule has 0 atom stereocenters. The van der Waals surface area contributed by atoms with Gasteiger partial charge in [0, 0.05) is 26.8 Å². The normalized spacial score (nSPS) is 11.4. The molecule has 1 rings (SSSR count). The first-order chi connectivity index (χ1) is 9.27. The number of aliphatic imine (C=N–C) groups is 1. The van der Waals surface area contributed by atoms with Crippen LogP contribution in [0, 0.1) is 6.92 Å². The predicted molar refractivity (Wildman–Crippen MR) is 80.5 cm³/mol. The number of ether oxygens (including phenoxy) is 1. The maximum Gasteiger partial charge on any atom is 0.191 e. The highest BCUT2D eigenvalue weighted by atomic mass is 16.5. The molecule has 0 spiro atoms. The second kappa shape index (κ2) is 9.39. The van der Waals surface area contributed by atoms with Gasteiger partial charge in [0.25, 0.3) is 0 Å². The molecule has 1 aromatic rings. The topological polar surface area (TPSA) is 45.7 Å². The first-order valence-electron chi connectivity index (χ1n) is 6.83. The molecule has 0 aromatic heterocycles. The van der Waals surface area contributed by atoms with Gasteiger partial charge in [0.2, 0.25) is 0 Å². The van der Waals surface area contributed by atoms with Crippen LogP contribution >= 0.6 is 0 Å². The van der Waals surface area contributed by atoms with Crippen molar-refractivity contribution >= 4 is 5.96 Å². The molecular formula is C15H25N3O. The van der Waals surface area contributed by atoms with Crippen molar-refractivity contribution in [2.24, 2.45) is 4.99 Å². The zero-order chi connectivity index (χ0) is 13.9. The van der Waals surface area contributed by atoms with Crippen LogP contribution in [-0.4, -0.2) is 32.8 Å². The third-order valence-corrected chi connectivity index (χ3v) is 2.83. The van der Waals surface area contributed by atoms with E-state index in [1.54, 1.807) is 7.11 Å². The van der Waals surface area contributed by atoms with Gasteiger partial charge in [-0.05, 0) is 31.4 Å². The van der Waals surface area contributed by atoms with Crippen LogP contribution in [0.1, 0.15) is 24.5 Å². The Morgan fingerprint density at radius 3 is 2.74 bits per heavy atom. The zero-order valence-corrected chi connectivity index (χ0v) is 12.2. The van der Waals surface area contributed by atoms with Crippen molar-refractivity contribution in [3.8, 4) is 0 Å². The van der Waals surface area contributed by atoms with E-state index in [1.165, 1.54) is 11.1 Å². The van der Waals surface area contributed by atoms with E-state index in [4.69, 9.17) is 4.74 Å². The number of nitrogens with zero attached hydrogens (tertiary/aromatic N) is 1. The Bertz CT molecular complexity index is 391. The first-order valence-corrected chi connectivity index (χ1v) is 6.83. The first kappa shape index (κ1) is 15.5. The van der Waals surface area contributed by atoms with E-state index < -0.39 is 0 Å². The molecule has 0 radical (unpaired) electrons. The van der Waals surface area contributed by atoms with Crippen molar-refractivity contribution in [2.45, 2.75) is 26.8 Å². The zero-order valence-electron chi connectivity index (χ0n) is 12.2. The van der Waals surface area contributed by atoms with Crippen molar-refractivity contribution in [2.75, 3.05) is 26.8 Å². The minimum Gasteiger partial charge on any atom is -0.385 e. The van der Waals surface area contributed by atoms with Crippen molar-refractivity contribution < 1.29 is 4.74 Å². The van der Waals surface area contributed by atoms with Crippen LogP contribution in [-0.2, 0) is 11.3 Å². The fourth-order valence-corrected chi connectivity index (χ4v) is 1.72. The fourth-order valence-electron chi connectivity index (χ4n) is 1.72. The molecule has 0 aliphatic rings. The van der Waals surface area contributed by atoms with Crippen LogP contribution in [0.2, 0.25) is 0 Å². The van der Waals surface area contributed by atoms with Gasteiger partial charge in [-0.2, -0.15) is 0 Å². The third-order valence-electron chi connectivity index (χ3n) is 2.83. The molecule has 0 fully saturated rings. The summed E-state index contributed by atoms with van der Waals surface area (Å²) >= 11 is 0. The minimum atomic E-state index is 0.701. The van der Waals surface area contributed by atoms with Crippen LogP contribution in [0.4, 0.5) is 0 Å². The quantitative estimate of drug-likeness (QED) is 0.450. The second-order valence-corrected chi connectivity index (χ2v) is 4.39. The van der Waals surface area contributed by atoms with Gasteiger partial charge < -0.3 is 15.4 Å². The summed E-state index contributed by atoms with van der Waals surface area (Å²) in [5, 5.41) is 6.55. The van der Waals surface area contributed by atoms with Gasteiger partial charge in [0.05, 0.1) is 6.54 Å². The molecule has 0 heterocycles. The van der Waals surface area contributed by atoms with Crippen LogP contribution < -0.4 is 10.6 Å². The van der Waals surface area contributed by atoms with Gasteiger partial charge in [-0.15, -0.1) is 0 Å². The van der Waals surface area contributed by atoms with Crippen LogP contribution in [0.5, 0.6) is 0 Å². The second-order valence-electron chi connectivity index (χ2n) is 4.39. The molecule has 19 heavy (non-hydrogen) atoms. The lowest BCUT2D eigenvalue weighted by molar-refractivity contribution is 0.195. The maximum atomic E-state index is 5.03. The Labute approximate surface area is 116 Å². The molecule has 0 unspecified atom stereocenters. The van der Waals surface area contributed by atoms with Gasteiger partial charge in [-0.25, -0.2) is 4.99 Å². The molecule has 0 saturated carbocycles. The van der Waals surface area contributed by atoms with E-state index in [0.717, 1.165) is 32.1 Å². The Morgan fingerprint density at radius 2 is 2.05 bits per heavy atom. The summed E-state index contributed by atoms with van der Waals surface area (Å²) in [6, 6.07) is 8.34. The third kappa shape index (κ3) is 6.25. The van der Waals surface area contributed by atoms with E-state index in [1.807, 2.05) is 0 Å². The summed E-state index contributed by atoms with van der Waals surface area (Å²) < 4.78 is 5.03. The Hall–Kier alpha value is -1.55. The number of guanidine groups is 1. The number of methoxy groups -OCH3 is 1. The van der Waals surface area contributed by atoms with Gasteiger partial charge in [0.1, 0.15) is 0 Å². The van der Waals surface area contributed by atoms with Crippen molar-refractivity contribution in [1.82, 2.24) is 10.6 Å². The summed E-state index contributed by atoms with van der Waals surface area (Å²) in [6.07, 6.45) is 0.977. The number of nitrogens with one attached hydrogen (secondary N) is 2. The maximum absolute atomic E-state index is 5.03. The largest absolute Gasteiger partial charge is 0.385 e. The average molecular weight is 263 g/mol. The molecule has 0 aliphatic heterocycles. The fraction of sp³-hybridized carbons (Fsp3) is 0.533. The lowest BCUT2D eigenvalue weighted by atomic mass is 10.1. The van der Waals surface area contributed by atoms with E-state index in [-0.39, 0.29) is 0 Å². The molecule has 4 heteroatoms. The molecule has 4 nitrogen and oxygen atoms in total. The summed E-state index contributed by atoms with van der Waals surface area (Å²) in [4.78, 5) is 4.60. The summed E-state index contributed by atoms with van der Waals surface area (Å²) in [5.41, 5.74) is 2.54. The number of rotatable bonds is 7. The van der Waals surface area contributed by atoms with E-state index in [9.17, 15) is 0 Å². The lowest BCUT2D eigenvalue weighted by Crippen LogP contribution is -2.38. The Balaban J connectivity index is 2.50. The predicted octanol–water partition coefficient (Wildman–Crippen LogP) is 2.09.